The van der Waals surface area contributed by atoms with Crippen molar-refractivity contribution < 1.29 is 19.0 Å². The number of nitrogens with zero attached hydrogens (tertiary/aromatic N) is 3. The van der Waals surface area contributed by atoms with E-state index in [2.05, 4.69) is 9.69 Å². The van der Waals surface area contributed by atoms with E-state index in [-0.39, 0.29) is 23.1 Å². The van der Waals surface area contributed by atoms with E-state index in [9.17, 15) is 10.1 Å². The van der Waals surface area contributed by atoms with Gasteiger partial charge in [-0.05, 0) is 57.7 Å². The maximum absolute atomic E-state index is 11.4. The molecular formula is C26H28N4O4. The van der Waals surface area contributed by atoms with Gasteiger partial charge in [0.25, 0.3) is 5.70 Å². The van der Waals surface area contributed by atoms with Crippen LogP contribution in [0.25, 0.3) is 15.8 Å². The molecule has 2 rings (SSSR count). The Morgan fingerprint density at radius 3 is 2.68 bits per heavy atom. The maximum atomic E-state index is 11.4. The number of esters is 1. The summed E-state index contributed by atoms with van der Waals surface area (Å²) in [7, 11) is 0. The molecule has 1 aliphatic rings. The Balaban J connectivity index is 2.10. The number of benzene rings is 1. The smallest absolute Gasteiger partial charge is 0.305 e. The van der Waals surface area contributed by atoms with E-state index in [1.165, 1.54) is 0 Å². The topological polar surface area (TPSA) is 103 Å². The lowest BCUT2D eigenvalue weighted by atomic mass is 9.96. The van der Waals surface area contributed by atoms with E-state index in [0.29, 0.717) is 36.6 Å². The van der Waals surface area contributed by atoms with Crippen LogP contribution in [0.5, 0.6) is 5.75 Å². The van der Waals surface area contributed by atoms with E-state index in [4.69, 9.17) is 33.1 Å². The van der Waals surface area contributed by atoms with E-state index in [1.807, 2.05) is 18.2 Å². The van der Waals surface area contributed by atoms with Crippen LogP contribution in [0.4, 0.5) is 5.69 Å². The molecule has 0 unspecified atom stereocenters. The molecule has 0 fully saturated rings. The van der Waals surface area contributed by atoms with Crippen LogP contribution in [0.1, 0.15) is 52.0 Å². The number of unbranched alkanes of at least 4 members (excludes halogenated alkanes) is 2. The van der Waals surface area contributed by atoms with Crippen LogP contribution in [0.3, 0.4) is 0 Å². The molecule has 8 nitrogen and oxygen atoms in total. The van der Waals surface area contributed by atoms with Crippen molar-refractivity contribution in [3.8, 4) is 11.8 Å². The zero-order chi connectivity index (χ0) is 25.1. The SMILES string of the molecule is [C-]#[N+]C(C#N)=C1OC(C)(C)C(C=Cc2ccc(N)c(OCCCCCC(=O)OCC)c2)=C1[N+]#[C-]. The highest BCUT2D eigenvalue weighted by Gasteiger charge is 2.38. The van der Waals surface area contributed by atoms with Crippen molar-refractivity contribution >= 4 is 17.7 Å². The number of carbonyl (C=O) groups excluding carboxylic acids is 1. The molecule has 0 amide bonds. The summed E-state index contributed by atoms with van der Waals surface area (Å²) >= 11 is 0. The summed E-state index contributed by atoms with van der Waals surface area (Å²) in [5, 5.41) is 9.19. The Morgan fingerprint density at radius 2 is 2.03 bits per heavy atom. The molecule has 0 saturated carbocycles. The molecule has 34 heavy (non-hydrogen) atoms. The number of allylic oxidation sites excluding steroid dienone is 1. The second kappa shape index (κ2) is 12.1. The minimum atomic E-state index is -0.866. The summed E-state index contributed by atoms with van der Waals surface area (Å²) in [5.74, 6) is 0.385. The first-order valence-corrected chi connectivity index (χ1v) is 11.0. The van der Waals surface area contributed by atoms with Crippen molar-refractivity contribution in [2.45, 2.75) is 52.1 Å². The van der Waals surface area contributed by atoms with Crippen LogP contribution in [-0.4, -0.2) is 24.8 Å². The molecule has 0 aromatic heterocycles. The summed E-state index contributed by atoms with van der Waals surface area (Å²) in [6.45, 7) is 20.9. The summed E-state index contributed by atoms with van der Waals surface area (Å²) in [6, 6.07) is 7.17. The minimum absolute atomic E-state index is 0.0152. The lowest BCUT2D eigenvalue weighted by Gasteiger charge is -2.22. The molecule has 176 valence electrons. The number of nitrogens with two attached hydrogens (primary N) is 1. The molecular weight excluding hydrogens is 432 g/mol. The normalized spacial score (nSPS) is 15.8. The zero-order valence-electron chi connectivity index (χ0n) is 19.7. The number of nitriles is 1. The minimum Gasteiger partial charge on any atom is -0.505 e. The van der Waals surface area contributed by atoms with Gasteiger partial charge in [0.05, 0.1) is 38.1 Å². The van der Waals surface area contributed by atoms with Crippen molar-refractivity contribution in [3.63, 3.8) is 0 Å². The Labute approximate surface area is 200 Å². The molecule has 8 heteroatoms. The predicted molar refractivity (Wildman–Crippen MR) is 129 cm³/mol. The van der Waals surface area contributed by atoms with E-state index < -0.39 is 5.60 Å². The van der Waals surface area contributed by atoms with E-state index in [1.54, 1.807) is 39.0 Å². The Morgan fingerprint density at radius 1 is 1.26 bits per heavy atom. The highest BCUT2D eigenvalue weighted by atomic mass is 16.5. The fraction of sp³-hybridized carbons (Fsp3) is 0.385. The molecule has 1 heterocycles. The first-order valence-electron chi connectivity index (χ1n) is 11.0. The Bertz CT molecular complexity index is 1120. The molecule has 0 atom stereocenters. The number of ether oxygens (including phenoxy) is 3. The molecule has 2 N–H and O–H groups in total. The fourth-order valence-corrected chi connectivity index (χ4v) is 3.37. The zero-order valence-corrected chi connectivity index (χ0v) is 19.7. The Kier molecular flexibility index (Phi) is 9.29. The second-order valence-corrected chi connectivity index (χ2v) is 7.98. The number of rotatable bonds is 10. The first kappa shape index (κ1) is 26.0. The largest absolute Gasteiger partial charge is 0.505 e. The fourth-order valence-electron chi connectivity index (χ4n) is 3.37. The summed E-state index contributed by atoms with van der Waals surface area (Å²) < 4.78 is 16.5. The number of nitrogen functional groups attached to an aromatic ring is 1. The van der Waals surface area contributed by atoms with Crippen molar-refractivity contribution in [1.82, 2.24) is 0 Å². The van der Waals surface area contributed by atoms with Gasteiger partial charge in [0.2, 0.25) is 5.70 Å². The van der Waals surface area contributed by atoms with Crippen molar-refractivity contribution in [3.05, 3.63) is 75.4 Å². The molecule has 0 saturated heterocycles. The third-order valence-corrected chi connectivity index (χ3v) is 5.09. The van der Waals surface area contributed by atoms with E-state index >= 15 is 0 Å². The van der Waals surface area contributed by atoms with E-state index in [0.717, 1.165) is 24.8 Å². The lowest BCUT2D eigenvalue weighted by Crippen LogP contribution is -2.20. The van der Waals surface area contributed by atoms with Gasteiger partial charge in [0.1, 0.15) is 17.1 Å². The summed E-state index contributed by atoms with van der Waals surface area (Å²) in [5.41, 5.74) is 6.99. The number of hydrogen-bond acceptors (Lipinski definition) is 6. The molecule has 0 spiro atoms. The van der Waals surface area contributed by atoms with Crippen LogP contribution >= 0.6 is 0 Å². The van der Waals surface area contributed by atoms with Gasteiger partial charge in [-0.25, -0.2) is 15.0 Å². The van der Waals surface area contributed by atoms with Gasteiger partial charge >= 0.3 is 5.97 Å². The molecule has 1 aromatic rings. The maximum Gasteiger partial charge on any atom is 0.305 e. The molecule has 1 aliphatic heterocycles. The highest BCUT2D eigenvalue weighted by Crippen LogP contribution is 2.41. The average Bonchev–Trinajstić information content (AvgIpc) is 3.06. The number of carbonyl (C=O) groups is 1. The van der Waals surface area contributed by atoms with Crippen LogP contribution < -0.4 is 10.5 Å². The molecule has 0 bridgehead atoms. The number of hydrogen-bond donors (Lipinski definition) is 1. The lowest BCUT2D eigenvalue weighted by molar-refractivity contribution is -0.143. The van der Waals surface area contributed by atoms with Crippen molar-refractivity contribution in [2.75, 3.05) is 18.9 Å². The Hall–Kier alpha value is -4.22. The van der Waals surface area contributed by atoms with Crippen molar-refractivity contribution in [2.24, 2.45) is 0 Å². The van der Waals surface area contributed by atoms with Crippen LogP contribution in [-0.2, 0) is 14.3 Å². The highest BCUT2D eigenvalue weighted by molar-refractivity contribution is 5.69. The molecule has 0 aliphatic carbocycles. The quantitative estimate of drug-likeness (QED) is 0.164. The standard InChI is InChI=1S/C26H28N4O4/c1-6-32-23(31)10-8-7-9-15-33-22-16-18(12-14-20(22)28)11-13-19-24(30-5)25(21(17-27)29-4)34-26(19,2)3/h11-14,16H,6-10,15,28H2,1-3H3. The van der Waals surface area contributed by atoms with Gasteiger partial charge < -0.3 is 19.9 Å². The summed E-state index contributed by atoms with van der Waals surface area (Å²) in [4.78, 5) is 18.1. The third-order valence-electron chi connectivity index (χ3n) is 5.09. The van der Waals surface area contributed by atoms with Gasteiger partial charge in [0, 0.05) is 12.0 Å². The van der Waals surface area contributed by atoms with Gasteiger partial charge in [-0.15, -0.1) is 0 Å². The average molecular weight is 461 g/mol. The molecule has 0 radical (unpaired) electrons. The van der Waals surface area contributed by atoms with Crippen LogP contribution in [0.2, 0.25) is 0 Å². The predicted octanol–water partition coefficient (Wildman–Crippen LogP) is 5.42. The molecule has 1 aromatic carbocycles. The summed E-state index contributed by atoms with van der Waals surface area (Å²) in [6.07, 6.45) is 6.33. The van der Waals surface area contributed by atoms with Gasteiger partial charge in [0.15, 0.2) is 0 Å². The van der Waals surface area contributed by atoms with Gasteiger partial charge in [-0.1, -0.05) is 18.2 Å². The first-order chi connectivity index (χ1) is 16.3. The van der Waals surface area contributed by atoms with Crippen LogP contribution in [0, 0.1) is 24.5 Å². The van der Waals surface area contributed by atoms with Crippen LogP contribution in [0.15, 0.2) is 47.0 Å². The number of anilines is 1. The van der Waals surface area contributed by atoms with Gasteiger partial charge in [-0.3, -0.25) is 4.79 Å². The monoisotopic (exact) mass is 460 g/mol. The van der Waals surface area contributed by atoms with Gasteiger partial charge in [-0.2, -0.15) is 0 Å². The second-order valence-electron chi connectivity index (χ2n) is 7.98. The van der Waals surface area contributed by atoms with Crippen molar-refractivity contribution in [1.29, 1.82) is 5.26 Å². The third kappa shape index (κ3) is 6.64.